The lowest BCUT2D eigenvalue weighted by atomic mass is 9.98. The van der Waals surface area contributed by atoms with Gasteiger partial charge in [0.05, 0.1) is 5.69 Å². The molecule has 0 spiro atoms. The molecule has 0 radical (unpaired) electrons. The molecule has 186 valence electrons. The minimum absolute atomic E-state index is 0.179. The topological polar surface area (TPSA) is 67.2 Å². The zero-order valence-corrected chi connectivity index (χ0v) is 20.0. The normalized spacial score (nSPS) is 14.3. The van der Waals surface area contributed by atoms with Crippen LogP contribution in [-0.2, 0) is 19.3 Å². The molecule has 1 aliphatic heterocycles. The van der Waals surface area contributed by atoms with Crippen LogP contribution in [0.2, 0.25) is 0 Å². The molecule has 2 amide bonds. The van der Waals surface area contributed by atoms with E-state index in [0.29, 0.717) is 29.9 Å². The predicted molar refractivity (Wildman–Crippen MR) is 136 cm³/mol. The fraction of sp³-hybridized carbons (Fsp3) is 0.207. The Kier molecular flexibility index (Phi) is 5.79. The van der Waals surface area contributed by atoms with Gasteiger partial charge >= 0.3 is 0 Å². The molecule has 0 fully saturated rings. The van der Waals surface area contributed by atoms with E-state index in [1.165, 1.54) is 36.4 Å². The minimum Gasteiger partial charge on any atom is -0.322 e. The molecule has 3 aromatic carbocycles. The Morgan fingerprint density at radius 2 is 1.51 bits per heavy atom. The Labute approximate surface area is 212 Å². The molecule has 0 saturated carbocycles. The first-order valence-corrected chi connectivity index (χ1v) is 12.4. The highest BCUT2D eigenvalue weighted by Crippen LogP contribution is 2.36. The Bertz CT molecular complexity index is 1510. The van der Waals surface area contributed by atoms with E-state index < -0.39 is 5.82 Å². The van der Waals surface area contributed by atoms with Crippen LogP contribution >= 0.6 is 0 Å². The van der Waals surface area contributed by atoms with Gasteiger partial charge in [0.15, 0.2) is 5.69 Å². The van der Waals surface area contributed by atoms with Crippen LogP contribution in [0.5, 0.6) is 0 Å². The SMILES string of the molecule is O=C(Nc1cccc2c1CCCN2C(=O)c1nn(-c2ccc(F)cc2)c2c1CCC2)c1ccc(F)cc1. The molecule has 1 N–H and O–H groups in total. The number of hydrogen-bond acceptors (Lipinski definition) is 3. The van der Waals surface area contributed by atoms with Crippen molar-refractivity contribution in [2.75, 3.05) is 16.8 Å². The summed E-state index contributed by atoms with van der Waals surface area (Å²) in [5.41, 5.74) is 5.70. The van der Waals surface area contributed by atoms with Crippen molar-refractivity contribution in [2.45, 2.75) is 32.1 Å². The molecular weight excluding hydrogens is 474 g/mol. The molecule has 1 aromatic heterocycles. The van der Waals surface area contributed by atoms with E-state index in [1.54, 1.807) is 21.7 Å². The standard InChI is InChI=1S/C29H24F2N4O2/c30-19-11-9-18(10-12-19)28(36)32-24-6-2-7-25-22(24)5-3-17-34(25)29(37)27-23-4-1-8-26(23)35(33-27)21-15-13-20(31)14-16-21/h2,6-7,9-16H,1,3-5,8,17H2,(H,32,36). The smallest absolute Gasteiger partial charge is 0.279 e. The van der Waals surface area contributed by atoms with Crippen LogP contribution in [0, 0.1) is 11.6 Å². The van der Waals surface area contributed by atoms with Crippen LogP contribution in [0.3, 0.4) is 0 Å². The molecule has 4 aromatic rings. The van der Waals surface area contributed by atoms with Gasteiger partial charge in [-0.2, -0.15) is 5.10 Å². The van der Waals surface area contributed by atoms with Crippen molar-refractivity contribution in [3.8, 4) is 5.69 Å². The first-order valence-electron chi connectivity index (χ1n) is 12.4. The number of carbonyl (C=O) groups excluding carboxylic acids is 2. The van der Waals surface area contributed by atoms with Gasteiger partial charge in [-0.15, -0.1) is 0 Å². The first-order chi connectivity index (χ1) is 18.0. The van der Waals surface area contributed by atoms with E-state index in [0.717, 1.165) is 53.9 Å². The molecule has 6 rings (SSSR count). The summed E-state index contributed by atoms with van der Waals surface area (Å²) in [7, 11) is 0. The summed E-state index contributed by atoms with van der Waals surface area (Å²) < 4.78 is 28.5. The largest absolute Gasteiger partial charge is 0.322 e. The van der Waals surface area contributed by atoms with Gasteiger partial charge in [0.1, 0.15) is 11.6 Å². The van der Waals surface area contributed by atoms with E-state index in [4.69, 9.17) is 5.10 Å². The number of halogens is 2. The van der Waals surface area contributed by atoms with Crippen molar-refractivity contribution >= 4 is 23.2 Å². The van der Waals surface area contributed by atoms with Crippen molar-refractivity contribution in [1.29, 1.82) is 0 Å². The first kappa shape index (κ1) is 23.1. The number of anilines is 2. The summed E-state index contributed by atoms with van der Waals surface area (Å²) in [6.07, 6.45) is 3.96. The molecular formula is C29H24F2N4O2. The van der Waals surface area contributed by atoms with E-state index >= 15 is 0 Å². The number of nitrogens with one attached hydrogen (secondary N) is 1. The van der Waals surface area contributed by atoms with Crippen molar-refractivity contribution in [2.24, 2.45) is 0 Å². The number of fused-ring (bicyclic) bond motifs is 2. The lowest BCUT2D eigenvalue weighted by Crippen LogP contribution is -2.36. The highest BCUT2D eigenvalue weighted by atomic mass is 19.1. The second-order valence-corrected chi connectivity index (χ2v) is 9.34. The van der Waals surface area contributed by atoms with Gasteiger partial charge < -0.3 is 10.2 Å². The van der Waals surface area contributed by atoms with Gasteiger partial charge in [0.2, 0.25) is 0 Å². The number of hydrogen-bond donors (Lipinski definition) is 1. The lowest BCUT2D eigenvalue weighted by Gasteiger charge is -2.30. The van der Waals surface area contributed by atoms with Gasteiger partial charge in [-0.3, -0.25) is 9.59 Å². The average Bonchev–Trinajstić information content (AvgIpc) is 3.52. The number of aromatic nitrogens is 2. The summed E-state index contributed by atoms with van der Waals surface area (Å²) in [4.78, 5) is 28.4. The van der Waals surface area contributed by atoms with E-state index in [2.05, 4.69) is 5.32 Å². The molecule has 1 aliphatic carbocycles. The monoisotopic (exact) mass is 498 g/mol. The molecule has 2 heterocycles. The molecule has 6 nitrogen and oxygen atoms in total. The highest BCUT2D eigenvalue weighted by Gasteiger charge is 2.32. The fourth-order valence-corrected chi connectivity index (χ4v) is 5.28. The van der Waals surface area contributed by atoms with Gasteiger partial charge in [-0.05, 0) is 98.3 Å². The Balaban J connectivity index is 1.32. The third-order valence-corrected chi connectivity index (χ3v) is 7.05. The van der Waals surface area contributed by atoms with E-state index in [1.807, 2.05) is 18.2 Å². The maximum Gasteiger partial charge on any atom is 0.279 e. The highest BCUT2D eigenvalue weighted by molar-refractivity contribution is 6.08. The Hall–Kier alpha value is -4.33. The summed E-state index contributed by atoms with van der Waals surface area (Å²) >= 11 is 0. The van der Waals surface area contributed by atoms with Crippen LogP contribution in [0.25, 0.3) is 5.69 Å². The van der Waals surface area contributed by atoms with Crippen LogP contribution in [0.15, 0.2) is 66.7 Å². The van der Waals surface area contributed by atoms with Gasteiger partial charge in [-0.1, -0.05) is 6.07 Å². The quantitative estimate of drug-likeness (QED) is 0.405. The second kappa shape index (κ2) is 9.28. The zero-order valence-electron chi connectivity index (χ0n) is 20.0. The predicted octanol–water partition coefficient (Wildman–Crippen LogP) is 5.48. The maximum atomic E-state index is 13.9. The van der Waals surface area contributed by atoms with Crippen LogP contribution < -0.4 is 10.2 Å². The molecule has 0 atom stereocenters. The average molecular weight is 499 g/mol. The number of amides is 2. The molecule has 0 bridgehead atoms. The summed E-state index contributed by atoms with van der Waals surface area (Å²) in [6.45, 7) is 0.541. The maximum absolute atomic E-state index is 13.9. The molecule has 37 heavy (non-hydrogen) atoms. The summed E-state index contributed by atoms with van der Waals surface area (Å²) in [5.74, 6) is -1.25. The summed E-state index contributed by atoms with van der Waals surface area (Å²) in [5, 5.41) is 7.63. The van der Waals surface area contributed by atoms with Crippen LogP contribution in [0.1, 0.15) is 50.5 Å². The molecule has 0 saturated heterocycles. The third kappa shape index (κ3) is 4.18. The summed E-state index contributed by atoms with van der Waals surface area (Å²) in [6, 6.07) is 17.0. The second-order valence-electron chi connectivity index (χ2n) is 9.34. The molecule has 8 heteroatoms. The number of nitrogens with zero attached hydrogens (tertiary/aromatic N) is 3. The third-order valence-electron chi connectivity index (χ3n) is 7.05. The Morgan fingerprint density at radius 1 is 0.811 bits per heavy atom. The van der Waals surface area contributed by atoms with Crippen LogP contribution in [0.4, 0.5) is 20.2 Å². The van der Waals surface area contributed by atoms with Crippen molar-refractivity contribution in [1.82, 2.24) is 9.78 Å². The molecule has 2 aliphatic rings. The van der Waals surface area contributed by atoms with Gasteiger partial charge in [0, 0.05) is 34.7 Å². The van der Waals surface area contributed by atoms with Crippen molar-refractivity contribution in [3.63, 3.8) is 0 Å². The van der Waals surface area contributed by atoms with Gasteiger partial charge in [-0.25, -0.2) is 13.5 Å². The minimum atomic E-state index is -0.406. The Morgan fingerprint density at radius 3 is 2.27 bits per heavy atom. The number of carbonyl (C=O) groups is 2. The van der Waals surface area contributed by atoms with Crippen molar-refractivity contribution in [3.05, 3.63) is 106 Å². The number of benzene rings is 3. The lowest BCUT2D eigenvalue weighted by molar-refractivity contribution is 0.0978. The van der Waals surface area contributed by atoms with E-state index in [9.17, 15) is 18.4 Å². The van der Waals surface area contributed by atoms with Gasteiger partial charge in [0.25, 0.3) is 11.8 Å². The zero-order chi connectivity index (χ0) is 25.5. The number of rotatable bonds is 4. The van der Waals surface area contributed by atoms with E-state index in [-0.39, 0.29) is 17.6 Å². The van der Waals surface area contributed by atoms with Crippen molar-refractivity contribution < 1.29 is 18.4 Å². The fourth-order valence-electron chi connectivity index (χ4n) is 5.28. The molecule has 0 unspecified atom stereocenters. The van der Waals surface area contributed by atoms with Crippen LogP contribution in [-0.4, -0.2) is 28.1 Å².